The largest absolute Gasteiger partial charge is 0.368 e. The van der Waals surface area contributed by atoms with Crippen LogP contribution in [0.1, 0.15) is 11.1 Å². The fraction of sp³-hybridized carbons (Fsp3) is 0.429. The molecular formula is C14H20N4O2. The van der Waals surface area contributed by atoms with Gasteiger partial charge in [-0.1, -0.05) is 17.7 Å². The average Bonchev–Trinajstić information content (AvgIpc) is 2.46. The van der Waals surface area contributed by atoms with E-state index in [4.69, 9.17) is 5.84 Å². The lowest BCUT2D eigenvalue weighted by molar-refractivity contribution is -0.146. The summed E-state index contributed by atoms with van der Waals surface area (Å²) in [4.78, 5) is 26.7. The highest BCUT2D eigenvalue weighted by atomic mass is 16.2. The van der Waals surface area contributed by atoms with Crippen molar-refractivity contribution in [3.63, 3.8) is 0 Å². The number of hydrogen-bond donors (Lipinski definition) is 2. The highest BCUT2D eigenvalue weighted by Gasteiger charge is 2.25. The number of nitrogens with two attached hydrogens (primary N) is 1. The molecule has 2 rings (SSSR count). The third-order valence-corrected chi connectivity index (χ3v) is 3.59. The molecule has 0 saturated carbocycles. The Hall–Kier alpha value is -2.08. The minimum Gasteiger partial charge on any atom is -0.368 e. The van der Waals surface area contributed by atoms with Crippen LogP contribution in [0, 0.1) is 13.8 Å². The van der Waals surface area contributed by atoms with Crippen LogP contribution in [0.5, 0.6) is 0 Å². The summed E-state index contributed by atoms with van der Waals surface area (Å²) in [5, 5.41) is 0. The lowest BCUT2D eigenvalue weighted by Crippen LogP contribution is -2.53. The second-order valence-electron chi connectivity index (χ2n) is 5.04. The molecule has 0 atom stereocenters. The Morgan fingerprint density at radius 3 is 2.35 bits per heavy atom. The molecule has 1 heterocycles. The molecule has 1 aliphatic rings. The first kappa shape index (κ1) is 14.3. The van der Waals surface area contributed by atoms with E-state index in [0.717, 1.165) is 0 Å². The standard InChI is InChI=1S/C14H20N4O2/c1-10-3-4-12(11(2)9-10)17-5-7-18(8-6-17)14(20)13(19)16-15/h3-4,9H,5-8,15H2,1-2H3,(H,16,19). The van der Waals surface area contributed by atoms with Crippen LogP contribution in [0.2, 0.25) is 0 Å². The number of carbonyl (C=O) groups is 2. The summed E-state index contributed by atoms with van der Waals surface area (Å²) in [6.07, 6.45) is 0. The van der Waals surface area contributed by atoms with E-state index < -0.39 is 11.8 Å². The number of nitrogens with one attached hydrogen (secondary N) is 1. The van der Waals surface area contributed by atoms with E-state index in [0.29, 0.717) is 26.2 Å². The molecule has 1 aliphatic heterocycles. The van der Waals surface area contributed by atoms with Crippen LogP contribution in [0.25, 0.3) is 0 Å². The van der Waals surface area contributed by atoms with Gasteiger partial charge in [-0.25, -0.2) is 5.84 Å². The monoisotopic (exact) mass is 276 g/mol. The molecule has 6 nitrogen and oxygen atoms in total. The van der Waals surface area contributed by atoms with E-state index in [9.17, 15) is 9.59 Å². The summed E-state index contributed by atoms with van der Waals surface area (Å²) in [6, 6.07) is 6.34. The summed E-state index contributed by atoms with van der Waals surface area (Å²) >= 11 is 0. The Bertz CT molecular complexity index is 522. The topological polar surface area (TPSA) is 78.7 Å². The van der Waals surface area contributed by atoms with Gasteiger partial charge in [0.1, 0.15) is 0 Å². The third kappa shape index (κ3) is 2.91. The minimum atomic E-state index is -0.759. The number of rotatable bonds is 1. The Labute approximate surface area is 118 Å². The van der Waals surface area contributed by atoms with E-state index in [1.54, 1.807) is 0 Å². The van der Waals surface area contributed by atoms with Crippen molar-refractivity contribution >= 4 is 17.5 Å². The van der Waals surface area contributed by atoms with Crippen molar-refractivity contribution in [2.24, 2.45) is 5.84 Å². The van der Waals surface area contributed by atoms with Gasteiger partial charge in [0.25, 0.3) is 0 Å². The van der Waals surface area contributed by atoms with E-state index in [2.05, 4.69) is 36.9 Å². The molecule has 0 aliphatic carbocycles. The van der Waals surface area contributed by atoms with E-state index in [-0.39, 0.29) is 0 Å². The van der Waals surface area contributed by atoms with Crippen LogP contribution in [0.3, 0.4) is 0 Å². The Morgan fingerprint density at radius 1 is 1.15 bits per heavy atom. The summed E-state index contributed by atoms with van der Waals surface area (Å²) in [6.45, 7) is 6.64. The molecular weight excluding hydrogens is 256 g/mol. The third-order valence-electron chi connectivity index (χ3n) is 3.59. The smallest absolute Gasteiger partial charge is 0.323 e. The summed E-state index contributed by atoms with van der Waals surface area (Å²) in [7, 11) is 0. The van der Waals surface area contributed by atoms with Crippen LogP contribution in [0.15, 0.2) is 18.2 Å². The molecule has 0 aromatic heterocycles. The molecule has 20 heavy (non-hydrogen) atoms. The van der Waals surface area contributed by atoms with Gasteiger partial charge >= 0.3 is 11.8 Å². The number of piperazine rings is 1. The molecule has 1 aromatic carbocycles. The molecule has 2 amide bonds. The molecule has 0 spiro atoms. The Kier molecular flexibility index (Phi) is 4.24. The first-order chi connectivity index (χ1) is 9.52. The highest BCUT2D eigenvalue weighted by Crippen LogP contribution is 2.22. The van der Waals surface area contributed by atoms with Crippen molar-refractivity contribution in [1.82, 2.24) is 10.3 Å². The van der Waals surface area contributed by atoms with Gasteiger partial charge in [-0.05, 0) is 25.5 Å². The van der Waals surface area contributed by atoms with Gasteiger partial charge in [0.2, 0.25) is 0 Å². The Balaban J connectivity index is 2.01. The second kappa shape index (κ2) is 5.92. The maximum atomic E-state index is 11.7. The molecule has 3 N–H and O–H groups in total. The number of anilines is 1. The van der Waals surface area contributed by atoms with E-state index in [1.807, 2.05) is 5.43 Å². The first-order valence-corrected chi connectivity index (χ1v) is 6.65. The molecule has 1 aromatic rings. The molecule has 1 saturated heterocycles. The van der Waals surface area contributed by atoms with E-state index in [1.165, 1.54) is 21.7 Å². The zero-order chi connectivity index (χ0) is 14.7. The number of hydrogen-bond acceptors (Lipinski definition) is 4. The maximum Gasteiger partial charge on any atom is 0.323 e. The predicted octanol–water partition coefficient (Wildman–Crippen LogP) is -0.0581. The number of nitrogens with zero attached hydrogens (tertiary/aromatic N) is 2. The van der Waals surface area contributed by atoms with Gasteiger partial charge in [-0.2, -0.15) is 0 Å². The van der Waals surface area contributed by atoms with Gasteiger partial charge in [-0.3, -0.25) is 15.0 Å². The molecule has 0 bridgehead atoms. The van der Waals surface area contributed by atoms with Crippen molar-refractivity contribution in [3.8, 4) is 0 Å². The van der Waals surface area contributed by atoms with Gasteiger partial charge < -0.3 is 9.80 Å². The lowest BCUT2D eigenvalue weighted by Gasteiger charge is -2.36. The van der Waals surface area contributed by atoms with Crippen LogP contribution < -0.4 is 16.2 Å². The van der Waals surface area contributed by atoms with Crippen LogP contribution >= 0.6 is 0 Å². The van der Waals surface area contributed by atoms with Crippen LogP contribution in [-0.2, 0) is 9.59 Å². The fourth-order valence-corrected chi connectivity index (χ4v) is 2.52. The second-order valence-corrected chi connectivity index (χ2v) is 5.04. The number of benzene rings is 1. The summed E-state index contributed by atoms with van der Waals surface area (Å²) in [5.74, 6) is 3.65. The van der Waals surface area contributed by atoms with E-state index >= 15 is 0 Å². The van der Waals surface area contributed by atoms with Gasteiger partial charge in [0.15, 0.2) is 0 Å². The minimum absolute atomic E-state index is 0.527. The summed E-state index contributed by atoms with van der Waals surface area (Å²) < 4.78 is 0. The average molecular weight is 276 g/mol. The fourth-order valence-electron chi connectivity index (χ4n) is 2.52. The summed E-state index contributed by atoms with van der Waals surface area (Å²) in [5.41, 5.74) is 5.52. The number of hydrazine groups is 1. The predicted molar refractivity (Wildman–Crippen MR) is 77.0 cm³/mol. The molecule has 108 valence electrons. The van der Waals surface area contributed by atoms with Gasteiger partial charge in [-0.15, -0.1) is 0 Å². The van der Waals surface area contributed by atoms with Crippen LogP contribution in [-0.4, -0.2) is 42.9 Å². The Morgan fingerprint density at radius 2 is 1.80 bits per heavy atom. The van der Waals surface area contributed by atoms with Gasteiger partial charge in [0, 0.05) is 31.9 Å². The van der Waals surface area contributed by atoms with Crippen molar-refractivity contribution in [3.05, 3.63) is 29.3 Å². The number of carbonyl (C=O) groups excluding carboxylic acids is 2. The molecule has 1 fully saturated rings. The maximum absolute atomic E-state index is 11.7. The van der Waals surface area contributed by atoms with Crippen molar-refractivity contribution in [2.45, 2.75) is 13.8 Å². The zero-order valence-corrected chi connectivity index (χ0v) is 11.8. The first-order valence-electron chi connectivity index (χ1n) is 6.65. The molecule has 6 heteroatoms. The van der Waals surface area contributed by atoms with Crippen molar-refractivity contribution in [2.75, 3.05) is 31.1 Å². The number of amides is 2. The lowest BCUT2D eigenvalue weighted by atomic mass is 10.1. The molecule has 0 radical (unpaired) electrons. The van der Waals surface area contributed by atoms with Crippen LogP contribution in [0.4, 0.5) is 5.69 Å². The normalized spacial score (nSPS) is 15.2. The van der Waals surface area contributed by atoms with Crippen molar-refractivity contribution < 1.29 is 9.59 Å². The zero-order valence-electron chi connectivity index (χ0n) is 11.8. The molecule has 0 unspecified atom stereocenters. The van der Waals surface area contributed by atoms with Crippen molar-refractivity contribution in [1.29, 1.82) is 0 Å². The number of aryl methyl sites for hydroxylation is 2. The quantitative estimate of drug-likeness (QED) is 0.326. The SMILES string of the molecule is Cc1ccc(N2CCN(C(=O)C(=O)NN)CC2)c(C)c1. The van der Waals surface area contributed by atoms with Gasteiger partial charge in [0.05, 0.1) is 0 Å². The highest BCUT2D eigenvalue weighted by molar-refractivity contribution is 6.34.